The Morgan fingerprint density at radius 1 is 1.31 bits per heavy atom. The number of esters is 1. The van der Waals surface area contributed by atoms with Gasteiger partial charge < -0.3 is 10.1 Å². The first-order chi connectivity index (χ1) is 13.6. The highest BCUT2D eigenvalue weighted by Gasteiger charge is 2.64. The van der Waals surface area contributed by atoms with Crippen LogP contribution in [-0.2, 0) is 25.5 Å². The van der Waals surface area contributed by atoms with Gasteiger partial charge in [-0.3, -0.25) is 19.3 Å². The van der Waals surface area contributed by atoms with Crippen LogP contribution in [0.2, 0.25) is 0 Å². The third-order valence-electron chi connectivity index (χ3n) is 6.72. The lowest BCUT2D eigenvalue weighted by molar-refractivity contribution is -0.167. The molecule has 3 rings (SSSR count). The van der Waals surface area contributed by atoms with E-state index in [2.05, 4.69) is 10.3 Å². The number of amides is 3. The van der Waals surface area contributed by atoms with E-state index in [0.717, 1.165) is 11.3 Å². The van der Waals surface area contributed by atoms with Crippen molar-refractivity contribution in [2.75, 3.05) is 19.0 Å². The Morgan fingerprint density at radius 2 is 2.00 bits per heavy atom. The Kier molecular flexibility index (Phi) is 5.55. The molecule has 0 radical (unpaired) electrons. The van der Waals surface area contributed by atoms with Gasteiger partial charge in [-0.1, -0.05) is 39.0 Å². The summed E-state index contributed by atoms with van der Waals surface area (Å²) in [6.45, 7) is 7.79. The van der Waals surface area contributed by atoms with E-state index >= 15 is 0 Å². The van der Waals surface area contributed by atoms with E-state index in [9.17, 15) is 19.2 Å². The van der Waals surface area contributed by atoms with E-state index in [0.29, 0.717) is 35.0 Å². The van der Waals surface area contributed by atoms with Crippen LogP contribution in [0.3, 0.4) is 0 Å². The quantitative estimate of drug-likeness (QED) is 0.559. The Morgan fingerprint density at radius 3 is 2.62 bits per heavy atom. The largest absolute Gasteiger partial charge is 0.465 e. The van der Waals surface area contributed by atoms with Gasteiger partial charge in [0.25, 0.3) is 0 Å². The number of carbonyl (C=O) groups is 4. The highest BCUT2D eigenvalue weighted by atomic mass is 32.1. The molecule has 2 fully saturated rings. The van der Waals surface area contributed by atoms with Gasteiger partial charge in [0, 0.05) is 18.9 Å². The van der Waals surface area contributed by atoms with Gasteiger partial charge in [-0.05, 0) is 24.7 Å². The smallest absolute Gasteiger partial charge is 0.350 e. The van der Waals surface area contributed by atoms with Crippen LogP contribution in [0.15, 0.2) is 0 Å². The number of nitrogens with zero attached hydrogens (tertiary/aromatic N) is 2. The third-order valence-corrected chi connectivity index (χ3v) is 7.71. The second-order valence-corrected chi connectivity index (χ2v) is 9.38. The highest BCUT2D eigenvalue weighted by molar-refractivity contribution is 7.17. The van der Waals surface area contributed by atoms with Crippen molar-refractivity contribution in [3.05, 3.63) is 10.6 Å². The molecule has 0 spiro atoms. The van der Waals surface area contributed by atoms with E-state index in [-0.39, 0.29) is 42.0 Å². The fourth-order valence-corrected chi connectivity index (χ4v) is 5.39. The van der Waals surface area contributed by atoms with Gasteiger partial charge in [-0.15, -0.1) is 0 Å². The Balaban J connectivity index is 1.66. The number of anilines is 1. The molecule has 2 unspecified atom stereocenters. The molecule has 3 amide bonds. The predicted octanol–water partition coefficient (Wildman–Crippen LogP) is 2.63. The summed E-state index contributed by atoms with van der Waals surface area (Å²) in [7, 11) is 1.29. The molecule has 158 valence electrons. The number of methoxy groups -OCH3 is 1. The van der Waals surface area contributed by atoms with Crippen LogP contribution < -0.4 is 5.32 Å². The molecule has 2 bridgehead atoms. The van der Waals surface area contributed by atoms with Crippen LogP contribution in [0.1, 0.15) is 62.3 Å². The number of hydrogen-bond donors (Lipinski definition) is 1. The molecule has 1 aliphatic carbocycles. The summed E-state index contributed by atoms with van der Waals surface area (Å²) >= 11 is 1.05. The third kappa shape index (κ3) is 3.35. The van der Waals surface area contributed by atoms with E-state index < -0.39 is 11.4 Å². The maximum absolute atomic E-state index is 13.0. The molecule has 1 saturated carbocycles. The monoisotopic (exact) mass is 421 g/mol. The normalized spacial score (nSPS) is 25.3. The van der Waals surface area contributed by atoms with Crippen LogP contribution in [-0.4, -0.2) is 47.2 Å². The number of thiazole rings is 1. The number of imide groups is 1. The first kappa shape index (κ1) is 21.4. The lowest BCUT2D eigenvalue weighted by Gasteiger charge is -2.47. The maximum atomic E-state index is 13.0. The molecular formula is C20H27N3O5S. The maximum Gasteiger partial charge on any atom is 0.350 e. The molecule has 9 heteroatoms. The van der Waals surface area contributed by atoms with Crippen LogP contribution >= 0.6 is 11.3 Å². The summed E-state index contributed by atoms with van der Waals surface area (Å²) in [5.74, 6) is -1.42. The number of nitrogens with one attached hydrogen (secondary N) is 1. The number of likely N-dealkylation sites (tertiary alicyclic amines) is 1. The number of piperidine rings is 1. The minimum atomic E-state index is -0.581. The minimum Gasteiger partial charge on any atom is -0.465 e. The number of carbonyl (C=O) groups excluding carboxylic acids is 4. The van der Waals surface area contributed by atoms with Crippen molar-refractivity contribution < 1.29 is 23.9 Å². The van der Waals surface area contributed by atoms with Crippen molar-refractivity contribution in [2.45, 2.75) is 53.4 Å². The van der Waals surface area contributed by atoms with Crippen molar-refractivity contribution in [2.24, 2.45) is 16.7 Å². The molecule has 29 heavy (non-hydrogen) atoms. The van der Waals surface area contributed by atoms with E-state index in [1.54, 1.807) is 0 Å². The number of fused-ring (bicyclic) bond motifs is 2. The molecule has 2 aliphatic rings. The van der Waals surface area contributed by atoms with Crippen molar-refractivity contribution >= 4 is 40.2 Å². The van der Waals surface area contributed by atoms with Gasteiger partial charge in [0.1, 0.15) is 4.88 Å². The molecule has 1 aromatic heterocycles. The molecular weight excluding hydrogens is 394 g/mol. The number of rotatable bonds is 6. The molecule has 0 aromatic carbocycles. The van der Waals surface area contributed by atoms with E-state index in [1.807, 2.05) is 27.7 Å². The fraction of sp³-hybridized carbons (Fsp3) is 0.650. The van der Waals surface area contributed by atoms with Crippen LogP contribution in [0.25, 0.3) is 0 Å². The van der Waals surface area contributed by atoms with E-state index in [1.165, 1.54) is 12.0 Å². The predicted molar refractivity (Wildman–Crippen MR) is 107 cm³/mol. The van der Waals surface area contributed by atoms with Gasteiger partial charge in [-0.25, -0.2) is 9.78 Å². The van der Waals surface area contributed by atoms with Gasteiger partial charge in [0.15, 0.2) is 5.13 Å². The lowest BCUT2D eigenvalue weighted by Crippen LogP contribution is -2.59. The minimum absolute atomic E-state index is 0.0185. The topological polar surface area (TPSA) is 106 Å². The summed E-state index contributed by atoms with van der Waals surface area (Å²) in [5.41, 5.74) is -0.393. The summed E-state index contributed by atoms with van der Waals surface area (Å²) < 4.78 is 4.74. The molecule has 2 atom stereocenters. The van der Waals surface area contributed by atoms with Crippen LogP contribution in [0.4, 0.5) is 5.13 Å². The Hall–Kier alpha value is -2.29. The number of aryl methyl sites for hydroxylation is 1. The Bertz CT molecular complexity index is 877. The SMILES string of the molecule is CCc1nc(NC(=O)CCN2C(=O)C3CCC(C)(C2=O)C3(C)C)sc1C(=O)OC. The summed E-state index contributed by atoms with van der Waals surface area (Å²) in [4.78, 5) is 55.9. The first-order valence-electron chi connectivity index (χ1n) is 9.80. The zero-order valence-electron chi connectivity index (χ0n) is 17.5. The molecule has 2 heterocycles. The average molecular weight is 422 g/mol. The zero-order chi connectivity index (χ0) is 21.6. The number of hydrogen-bond acceptors (Lipinski definition) is 7. The molecule has 1 aromatic rings. The summed E-state index contributed by atoms with van der Waals surface area (Å²) in [6.07, 6.45) is 1.90. The van der Waals surface area contributed by atoms with Crippen molar-refractivity contribution in [1.82, 2.24) is 9.88 Å². The van der Waals surface area contributed by atoms with Gasteiger partial charge in [0.05, 0.1) is 18.2 Å². The zero-order valence-corrected chi connectivity index (χ0v) is 18.3. The van der Waals surface area contributed by atoms with Gasteiger partial charge in [0.2, 0.25) is 17.7 Å². The molecule has 1 aliphatic heterocycles. The summed E-state index contributed by atoms with van der Waals surface area (Å²) in [5, 5.41) is 2.96. The van der Waals surface area contributed by atoms with Crippen molar-refractivity contribution in [3.63, 3.8) is 0 Å². The molecule has 8 nitrogen and oxygen atoms in total. The van der Waals surface area contributed by atoms with E-state index in [4.69, 9.17) is 4.74 Å². The second kappa shape index (κ2) is 7.51. The molecule has 1 saturated heterocycles. The van der Waals surface area contributed by atoms with Crippen molar-refractivity contribution in [1.29, 1.82) is 0 Å². The van der Waals surface area contributed by atoms with Crippen molar-refractivity contribution in [3.8, 4) is 0 Å². The molecule has 1 N–H and O–H groups in total. The standard InChI is InChI=1S/C20H27N3O5S/c1-6-12-14(16(26)28-5)29-18(21-12)22-13(24)8-10-23-15(25)11-7-9-20(4,17(23)27)19(11,2)3/h11H,6-10H2,1-5H3,(H,21,22,24). The number of ether oxygens (including phenoxy) is 1. The fourth-order valence-electron chi connectivity index (χ4n) is 4.41. The number of aromatic nitrogens is 1. The van der Waals surface area contributed by atoms with Crippen LogP contribution in [0.5, 0.6) is 0 Å². The summed E-state index contributed by atoms with van der Waals surface area (Å²) in [6, 6.07) is 0. The highest BCUT2D eigenvalue weighted by Crippen LogP contribution is 2.60. The lowest BCUT2D eigenvalue weighted by atomic mass is 9.62. The first-order valence-corrected chi connectivity index (χ1v) is 10.6. The average Bonchev–Trinajstić information content (AvgIpc) is 3.16. The van der Waals surface area contributed by atoms with Gasteiger partial charge >= 0.3 is 5.97 Å². The Labute approximate surface area is 174 Å². The van der Waals surface area contributed by atoms with Crippen LogP contribution in [0, 0.1) is 16.7 Å². The second-order valence-electron chi connectivity index (χ2n) is 8.38. The van der Waals surface area contributed by atoms with Gasteiger partial charge in [-0.2, -0.15) is 0 Å².